The molecule has 0 radical (unpaired) electrons. The van der Waals surface area contributed by atoms with Gasteiger partial charge in [0, 0.05) is 30.0 Å². The molecule has 0 bridgehead atoms. The molecular formula is C37H29BO2S2. The fourth-order valence-electron chi connectivity index (χ4n) is 7.26. The summed E-state index contributed by atoms with van der Waals surface area (Å²) in [7, 11) is -0.363. The van der Waals surface area contributed by atoms with Crippen LogP contribution in [-0.2, 0) is 14.7 Å². The molecule has 2 aliphatic heterocycles. The summed E-state index contributed by atoms with van der Waals surface area (Å²) in [6.45, 7) is 8.45. The topological polar surface area (TPSA) is 18.5 Å². The van der Waals surface area contributed by atoms with Crippen LogP contribution in [0, 0.1) is 0 Å². The maximum absolute atomic E-state index is 6.40. The molecule has 6 aromatic rings. The first-order valence-corrected chi connectivity index (χ1v) is 16.2. The van der Waals surface area contributed by atoms with Gasteiger partial charge >= 0.3 is 7.12 Å². The summed E-state index contributed by atoms with van der Waals surface area (Å²) in [4.78, 5) is 2.67. The lowest BCUT2D eigenvalue weighted by Crippen LogP contribution is -2.41. The Hall–Kier alpha value is -3.35. The summed E-state index contributed by atoms with van der Waals surface area (Å²) in [6.07, 6.45) is 0. The third-order valence-corrected chi connectivity index (χ3v) is 12.3. The maximum atomic E-state index is 6.40. The van der Waals surface area contributed by atoms with Gasteiger partial charge in [-0.2, -0.15) is 0 Å². The minimum absolute atomic E-state index is 0.352. The van der Waals surface area contributed by atoms with E-state index in [1.54, 1.807) is 0 Å². The summed E-state index contributed by atoms with van der Waals surface area (Å²) in [5, 5.41) is 2.60. The molecule has 0 saturated carbocycles. The van der Waals surface area contributed by atoms with Crippen LogP contribution in [0.1, 0.15) is 49.9 Å². The fourth-order valence-corrected chi connectivity index (χ4v) is 9.63. The third-order valence-electron chi connectivity index (χ3n) is 9.99. The highest BCUT2D eigenvalue weighted by Crippen LogP contribution is 2.62. The Balaban J connectivity index is 1.31. The van der Waals surface area contributed by atoms with Crippen molar-refractivity contribution >= 4 is 55.9 Å². The van der Waals surface area contributed by atoms with Gasteiger partial charge in [0.05, 0.1) is 16.6 Å². The lowest BCUT2D eigenvalue weighted by Gasteiger charge is -2.39. The highest BCUT2D eigenvalue weighted by atomic mass is 32.2. The fraction of sp³-hybridized carbons (Fsp3) is 0.189. The van der Waals surface area contributed by atoms with Gasteiger partial charge in [-0.1, -0.05) is 84.6 Å². The molecule has 204 valence electrons. The van der Waals surface area contributed by atoms with Gasteiger partial charge in [0.2, 0.25) is 0 Å². The Morgan fingerprint density at radius 3 is 1.83 bits per heavy atom. The number of hydrogen-bond acceptors (Lipinski definition) is 4. The van der Waals surface area contributed by atoms with Gasteiger partial charge in [0.15, 0.2) is 0 Å². The van der Waals surface area contributed by atoms with Crippen LogP contribution in [0.5, 0.6) is 0 Å². The van der Waals surface area contributed by atoms with Gasteiger partial charge in [-0.15, -0.1) is 11.3 Å². The van der Waals surface area contributed by atoms with Crippen LogP contribution in [0.3, 0.4) is 0 Å². The van der Waals surface area contributed by atoms with E-state index in [0.29, 0.717) is 0 Å². The quantitative estimate of drug-likeness (QED) is 0.180. The maximum Gasteiger partial charge on any atom is 0.494 e. The van der Waals surface area contributed by atoms with E-state index < -0.39 is 0 Å². The predicted molar refractivity (Wildman–Crippen MR) is 176 cm³/mol. The van der Waals surface area contributed by atoms with Gasteiger partial charge in [-0.25, -0.2) is 0 Å². The number of hydrogen-bond donors (Lipinski definition) is 0. The number of benzene rings is 5. The van der Waals surface area contributed by atoms with Crippen molar-refractivity contribution < 1.29 is 9.31 Å². The van der Waals surface area contributed by atoms with Crippen molar-refractivity contribution in [3.63, 3.8) is 0 Å². The van der Waals surface area contributed by atoms with Gasteiger partial charge < -0.3 is 9.31 Å². The van der Waals surface area contributed by atoms with Crippen LogP contribution in [0.15, 0.2) is 113 Å². The van der Waals surface area contributed by atoms with Crippen molar-refractivity contribution in [2.45, 2.75) is 54.1 Å². The van der Waals surface area contributed by atoms with Crippen LogP contribution in [-0.4, -0.2) is 18.3 Å². The molecule has 3 aliphatic rings. The lowest BCUT2D eigenvalue weighted by atomic mass is 9.67. The SMILES string of the molecule is CC1(C)OB(c2ccc3c(c2)sc2cc4c(cc23)C2(c3ccccc3Sc3ccccc32)c2ccccc2-4)OC1(C)C. The smallest absolute Gasteiger partial charge is 0.399 e. The molecule has 0 N–H and O–H groups in total. The van der Waals surface area contributed by atoms with E-state index in [1.807, 2.05) is 23.1 Å². The molecule has 42 heavy (non-hydrogen) atoms. The number of rotatable bonds is 1. The van der Waals surface area contributed by atoms with Crippen molar-refractivity contribution in [2.75, 3.05) is 0 Å². The molecule has 0 unspecified atom stereocenters. The molecule has 5 aromatic carbocycles. The Labute approximate surface area is 254 Å². The van der Waals surface area contributed by atoms with E-state index >= 15 is 0 Å². The average Bonchev–Trinajstić information content (AvgIpc) is 3.56. The Morgan fingerprint density at radius 1 is 0.548 bits per heavy atom. The molecule has 1 aromatic heterocycles. The number of thiophene rings is 1. The molecular weight excluding hydrogens is 551 g/mol. The summed E-state index contributed by atoms with van der Waals surface area (Å²) in [5.41, 5.74) is 8.19. The van der Waals surface area contributed by atoms with Crippen LogP contribution in [0.4, 0.5) is 0 Å². The molecule has 1 spiro atoms. The Morgan fingerprint density at radius 2 is 1.14 bits per heavy atom. The van der Waals surface area contributed by atoms with Crippen LogP contribution in [0.25, 0.3) is 31.3 Å². The van der Waals surface area contributed by atoms with E-state index in [9.17, 15) is 0 Å². The molecule has 0 atom stereocenters. The van der Waals surface area contributed by atoms with Crippen molar-refractivity contribution in [2.24, 2.45) is 0 Å². The van der Waals surface area contributed by atoms with E-state index in [1.165, 1.54) is 63.3 Å². The van der Waals surface area contributed by atoms with Gasteiger partial charge in [-0.05, 0) is 96.9 Å². The van der Waals surface area contributed by atoms with Crippen molar-refractivity contribution in [1.29, 1.82) is 0 Å². The summed E-state index contributed by atoms with van der Waals surface area (Å²) in [6, 6.07) is 38.7. The zero-order valence-electron chi connectivity index (χ0n) is 24.0. The van der Waals surface area contributed by atoms with Crippen molar-refractivity contribution in [3.05, 3.63) is 125 Å². The minimum Gasteiger partial charge on any atom is -0.399 e. The minimum atomic E-state index is -0.363. The largest absolute Gasteiger partial charge is 0.494 e. The van der Waals surface area contributed by atoms with E-state index in [-0.39, 0.29) is 23.7 Å². The number of fused-ring (bicyclic) bond motifs is 12. The monoisotopic (exact) mass is 580 g/mol. The average molecular weight is 581 g/mol. The van der Waals surface area contributed by atoms with E-state index in [0.717, 1.165) is 5.46 Å². The van der Waals surface area contributed by atoms with Crippen LogP contribution >= 0.6 is 23.1 Å². The van der Waals surface area contributed by atoms with E-state index in [2.05, 4.69) is 131 Å². The second-order valence-corrected chi connectivity index (χ2v) is 14.9. The van der Waals surface area contributed by atoms with Crippen LogP contribution in [0.2, 0.25) is 0 Å². The normalized spacial score (nSPS) is 18.7. The Kier molecular flexibility index (Phi) is 5.03. The molecule has 1 aliphatic carbocycles. The first-order valence-electron chi connectivity index (χ1n) is 14.6. The third kappa shape index (κ3) is 3.15. The first kappa shape index (κ1) is 25.2. The second kappa shape index (κ2) is 8.39. The molecule has 5 heteroatoms. The van der Waals surface area contributed by atoms with Gasteiger partial charge in [0.25, 0.3) is 0 Å². The summed E-state index contributed by atoms with van der Waals surface area (Å²) < 4.78 is 15.4. The molecule has 2 nitrogen and oxygen atoms in total. The zero-order valence-corrected chi connectivity index (χ0v) is 25.7. The van der Waals surface area contributed by atoms with Crippen LogP contribution < -0.4 is 5.46 Å². The van der Waals surface area contributed by atoms with Crippen molar-refractivity contribution in [3.8, 4) is 11.1 Å². The molecule has 3 heterocycles. The van der Waals surface area contributed by atoms with Gasteiger partial charge in [-0.3, -0.25) is 0 Å². The standard InChI is InChI=1S/C37H29BO2S2/c1-35(2)36(3,4)40-38(39-35)22-17-18-24-26-20-30-25(21-34(26)42-33(24)19-22)23-11-5-6-12-27(23)37(30)28-13-7-9-15-31(28)41-32-16-10-8-14-29(32)37/h5-21H,1-4H3. The van der Waals surface area contributed by atoms with E-state index in [4.69, 9.17) is 9.31 Å². The van der Waals surface area contributed by atoms with Gasteiger partial charge in [0.1, 0.15) is 0 Å². The molecule has 1 saturated heterocycles. The lowest BCUT2D eigenvalue weighted by molar-refractivity contribution is 0.00578. The zero-order chi connectivity index (χ0) is 28.4. The Bertz CT molecular complexity index is 2050. The highest BCUT2D eigenvalue weighted by Gasteiger charge is 2.52. The second-order valence-electron chi connectivity index (χ2n) is 12.7. The van der Waals surface area contributed by atoms with Crippen molar-refractivity contribution in [1.82, 2.24) is 0 Å². The molecule has 9 rings (SSSR count). The first-order chi connectivity index (χ1) is 20.3. The molecule has 0 amide bonds. The highest BCUT2D eigenvalue weighted by molar-refractivity contribution is 7.99. The summed E-state index contributed by atoms with van der Waals surface area (Å²) in [5.74, 6) is 0. The summed E-state index contributed by atoms with van der Waals surface area (Å²) >= 11 is 3.76. The predicted octanol–water partition coefficient (Wildman–Crippen LogP) is 9.18. The molecule has 1 fully saturated rings.